The van der Waals surface area contributed by atoms with Gasteiger partial charge in [0.2, 0.25) is 11.8 Å². The molecule has 1 aliphatic rings. The highest BCUT2D eigenvalue weighted by Gasteiger charge is 2.43. The van der Waals surface area contributed by atoms with Gasteiger partial charge in [0, 0.05) is 45.1 Å². The van der Waals surface area contributed by atoms with Gasteiger partial charge in [-0.25, -0.2) is 0 Å². The van der Waals surface area contributed by atoms with Crippen LogP contribution in [0.25, 0.3) is 0 Å². The second kappa shape index (κ2) is 9.30. The summed E-state index contributed by atoms with van der Waals surface area (Å²) in [7, 11) is 4.75. The molecule has 156 valence electrons. The molecule has 3 rings (SSSR count). The molecule has 1 aliphatic heterocycles. The number of benzene rings is 1. The minimum atomic E-state index is -0.441. The Balaban J connectivity index is 2.04. The first-order valence-corrected chi connectivity index (χ1v) is 10.0. The van der Waals surface area contributed by atoms with Gasteiger partial charge in [-0.05, 0) is 30.2 Å². The number of hydrogen-bond donors (Lipinski definition) is 0. The van der Waals surface area contributed by atoms with E-state index in [1.165, 1.54) is 0 Å². The summed E-state index contributed by atoms with van der Waals surface area (Å²) in [5, 5.41) is 0.955. The third kappa shape index (κ3) is 4.67. The first-order valence-electron chi connectivity index (χ1n) is 9.25. The Bertz CT molecular complexity index is 876. The molecule has 29 heavy (non-hydrogen) atoms. The Labute approximate surface area is 180 Å². The summed E-state index contributed by atoms with van der Waals surface area (Å²) in [4.78, 5) is 18.9. The Morgan fingerprint density at radius 3 is 2.55 bits per heavy atom. The second-order valence-corrected chi connectivity index (χ2v) is 7.85. The molecule has 0 spiro atoms. The van der Waals surface area contributed by atoms with Gasteiger partial charge >= 0.3 is 0 Å². The summed E-state index contributed by atoms with van der Waals surface area (Å²) in [5.74, 6) is 1.00. The molecule has 1 fully saturated rings. The second-order valence-electron chi connectivity index (χ2n) is 7.03. The first kappa shape index (κ1) is 21.8. The monoisotopic (exact) mass is 438 g/mol. The van der Waals surface area contributed by atoms with Crippen molar-refractivity contribution >= 4 is 34.9 Å². The number of ether oxygens (including phenoxy) is 3. The van der Waals surface area contributed by atoms with Crippen LogP contribution in [0.3, 0.4) is 0 Å². The van der Waals surface area contributed by atoms with Crippen molar-refractivity contribution in [3.63, 3.8) is 0 Å². The highest BCUT2D eigenvalue weighted by molar-refractivity contribution is 6.42. The van der Waals surface area contributed by atoms with Crippen LogP contribution in [-0.2, 0) is 19.7 Å². The number of rotatable bonds is 7. The average Bonchev–Trinajstić information content (AvgIpc) is 2.75. The van der Waals surface area contributed by atoms with E-state index in [9.17, 15) is 4.79 Å². The van der Waals surface area contributed by atoms with E-state index in [2.05, 4.69) is 4.98 Å². The number of aromatic nitrogens is 1. The van der Waals surface area contributed by atoms with E-state index in [1.807, 2.05) is 18.2 Å². The van der Waals surface area contributed by atoms with E-state index in [0.717, 1.165) is 5.56 Å². The number of pyridine rings is 1. The molecule has 0 unspecified atom stereocenters. The molecule has 0 radical (unpaired) electrons. The zero-order valence-corrected chi connectivity index (χ0v) is 18.2. The highest BCUT2D eigenvalue weighted by Crippen LogP contribution is 2.42. The topological polar surface area (TPSA) is 60.9 Å². The molecule has 1 aromatic carbocycles. The van der Waals surface area contributed by atoms with E-state index in [-0.39, 0.29) is 5.91 Å². The van der Waals surface area contributed by atoms with E-state index in [4.69, 9.17) is 37.4 Å². The van der Waals surface area contributed by atoms with Crippen LogP contribution in [0.5, 0.6) is 5.88 Å². The molecule has 0 N–H and O–H groups in total. The van der Waals surface area contributed by atoms with E-state index >= 15 is 0 Å². The lowest BCUT2D eigenvalue weighted by Crippen LogP contribution is -2.51. The largest absolute Gasteiger partial charge is 0.481 e. The number of halogens is 2. The van der Waals surface area contributed by atoms with Crippen molar-refractivity contribution in [1.82, 2.24) is 4.98 Å². The molecule has 0 bridgehead atoms. The molecule has 2 aromatic rings. The van der Waals surface area contributed by atoms with Crippen molar-refractivity contribution in [2.24, 2.45) is 0 Å². The van der Waals surface area contributed by atoms with Crippen molar-refractivity contribution in [3.8, 4) is 5.88 Å². The van der Waals surface area contributed by atoms with Gasteiger partial charge in [-0.3, -0.25) is 9.69 Å². The summed E-state index contributed by atoms with van der Waals surface area (Å²) in [6, 6.07) is 10.9. The molecular formula is C21H24Cl2N2O4. The molecular weight excluding hydrogens is 415 g/mol. The zero-order valence-electron chi connectivity index (χ0n) is 16.7. The molecule has 1 amide bonds. The normalized spacial score (nSPS) is 19.7. The smallest absolute Gasteiger partial charge is 0.228 e. The third-order valence-corrected chi connectivity index (χ3v) is 6.13. The number of nitrogens with zero attached hydrogens (tertiary/aromatic N) is 2. The number of hydrogen-bond acceptors (Lipinski definition) is 5. The SMILES string of the molecule is COc1cccc(N2C[C@@](CC(OC)OC)(c3ccc(Cl)c(Cl)c3)CCC2=O)n1. The van der Waals surface area contributed by atoms with Gasteiger partial charge in [-0.2, -0.15) is 4.98 Å². The molecule has 0 aliphatic carbocycles. The van der Waals surface area contributed by atoms with Crippen LogP contribution >= 0.6 is 23.2 Å². The van der Waals surface area contributed by atoms with Crippen LogP contribution in [0.1, 0.15) is 24.8 Å². The van der Waals surface area contributed by atoms with Crippen LogP contribution in [-0.4, -0.2) is 45.1 Å². The summed E-state index contributed by atoms with van der Waals surface area (Å²) in [6.07, 6.45) is 1.11. The number of carbonyl (C=O) groups is 1. The fraction of sp³-hybridized carbons (Fsp3) is 0.429. The van der Waals surface area contributed by atoms with E-state index in [0.29, 0.717) is 47.6 Å². The molecule has 6 nitrogen and oxygen atoms in total. The molecule has 2 heterocycles. The molecule has 1 atom stereocenters. The standard InChI is InChI=1S/C21H24Cl2N2O4/c1-27-18-6-4-5-17(24-18)25-13-21(10-9-19(25)26,12-20(28-2)29-3)14-7-8-15(22)16(23)11-14/h4-8,11,20H,9-10,12-13H2,1-3H3/t21-/m1/s1. The van der Waals surface area contributed by atoms with Crippen LogP contribution in [0.15, 0.2) is 36.4 Å². The number of amides is 1. The average molecular weight is 439 g/mol. The van der Waals surface area contributed by atoms with Gasteiger partial charge in [0.05, 0.1) is 17.2 Å². The van der Waals surface area contributed by atoms with Gasteiger partial charge in [-0.15, -0.1) is 0 Å². The lowest BCUT2D eigenvalue weighted by molar-refractivity contribution is -0.127. The van der Waals surface area contributed by atoms with Gasteiger partial charge in [0.25, 0.3) is 0 Å². The maximum absolute atomic E-state index is 12.8. The minimum absolute atomic E-state index is 0.00724. The fourth-order valence-electron chi connectivity index (χ4n) is 3.76. The van der Waals surface area contributed by atoms with Crippen molar-refractivity contribution in [2.45, 2.75) is 31.0 Å². The number of methoxy groups -OCH3 is 3. The minimum Gasteiger partial charge on any atom is -0.481 e. The maximum Gasteiger partial charge on any atom is 0.228 e. The van der Waals surface area contributed by atoms with Crippen LogP contribution in [0, 0.1) is 0 Å². The maximum atomic E-state index is 12.8. The lowest BCUT2D eigenvalue weighted by atomic mass is 9.71. The first-order chi connectivity index (χ1) is 13.9. The zero-order chi connectivity index (χ0) is 21.0. The Morgan fingerprint density at radius 1 is 1.14 bits per heavy atom. The Hall–Kier alpha value is -1.86. The highest BCUT2D eigenvalue weighted by atomic mass is 35.5. The summed E-state index contributed by atoms with van der Waals surface area (Å²) < 4.78 is 16.2. The number of piperidine rings is 1. The van der Waals surface area contributed by atoms with Crippen molar-refractivity contribution in [3.05, 3.63) is 52.0 Å². The van der Waals surface area contributed by atoms with Gasteiger partial charge < -0.3 is 14.2 Å². The quantitative estimate of drug-likeness (QED) is 0.596. The Kier molecular flexibility index (Phi) is 7.01. The number of carbonyl (C=O) groups excluding carboxylic acids is 1. The van der Waals surface area contributed by atoms with Gasteiger partial charge in [0.15, 0.2) is 6.29 Å². The van der Waals surface area contributed by atoms with Crippen LogP contribution < -0.4 is 9.64 Å². The van der Waals surface area contributed by atoms with Gasteiger partial charge in [-0.1, -0.05) is 35.3 Å². The lowest BCUT2D eigenvalue weighted by Gasteiger charge is -2.44. The van der Waals surface area contributed by atoms with Crippen LogP contribution in [0.4, 0.5) is 5.82 Å². The molecule has 8 heteroatoms. The van der Waals surface area contributed by atoms with Crippen molar-refractivity contribution in [2.75, 3.05) is 32.8 Å². The molecule has 1 saturated heterocycles. The predicted octanol–water partition coefficient (Wildman–Crippen LogP) is 4.47. The summed E-state index contributed by atoms with van der Waals surface area (Å²) >= 11 is 12.5. The van der Waals surface area contributed by atoms with Crippen molar-refractivity contribution in [1.29, 1.82) is 0 Å². The van der Waals surface area contributed by atoms with E-state index in [1.54, 1.807) is 44.4 Å². The molecule has 1 aromatic heterocycles. The van der Waals surface area contributed by atoms with Gasteiger partial charge in [0.1, 0.15) is 5.82 Å². The summed E-state index contributed by atoms with van der Waals surface area (Å²) in [5.41, 5.74) is 0.537. The van der Waals surface area contributed by atoms with Crippen molar-refractivity contribution < 1.29 is 19.0 Å². The number of anilines is 1. The summed E-state index contributed by atoms with van der Waals surface area (Å²) in [6.45, 7) is 0.410. The Morgan fingerprint density at radius 2 is 1.90 bits per heavy atom. The van der Waals surface area contributed by atoms with E-state index < -0.39 is 11.7 Å². The third-order valence-electron chi connectivity index (χ3n) is 5.39. The molecule has 0 saturated carbocycles. The predicted molar refractivity (Wildman–Crippen MR) is 113 cm³/mol. The fourth-order valence-corrected chi connectivity index (χ4v) is 4.05. The van der Waals surface area contributed by atoms with Crippen LogP contribution in [0.2, 0.25) is 10.0 Å².